The van der Waals surface area contributed by atoms with Gasteiger partial charge in [-0.3, -0.25) is 9.36 Å². The zero-order valence-electron chi connectivity index (χ0n) is 23.1. The maximum atomic E-state index is 14.2. The third-order valence-corrected chi connectivity index (χ3v) is 8.90. The second-order valence-corrected chi connectivity index (χ2v) is 11.8. The van der Waals surface area contributed by atoms with E-state index in [1.54, 1.807) is 29.7 Å². The normalized spacial score (nSPS) is 18.0. The maximum Gasteiger partial charge on any atom is 0.338 e. The van der Waals surface area contributed by atoms with Crippen LogP contribution in [-0.4, -0.2) is 50.2 Å². The number of aromatic nitrogens is 1. The quantitative estimate of drug-likeness (QED) is 0.287. The Morgan fingerprint density at radius 2 is 1.91 bits per heavy atom. The summed E-state index contributed by atoms with van der Waals surface area (Å²) in [5.74, 6) is 1.80. The van der Waals surface area contributed by atoms with E-state index in [-0.39, 0.29) is 24.5 Å². The number of benzene rings is 2. The summed E-state index contributed by atoms with van der Waals surface area (Å²) in [4.78, 5) is 35.3. The Kier molecular flexibility index (Phi) is 7.41. The van der Waals surface area contributed by atoms with Crippen molar-refractivity contribution < 1.29 is 28.2 Å². The third-order valence-electron chi connectivity index (χ3n) is 7.35. The monoisotopic (exact) mass is 663 g/mol. The first-order valence-corrected chi connectivity index (χ1v) is 15.4. The first-order chi connectivity index (χ1) is 21.0. The minimum absolute atomic E-state index is 0.0997. The summed E-state index contributed by atoms with van der Waals surface area (Å²) >= 11 is 4.84. The summed E-state index contributed by atoms with van der Waals surface area (Å²) in [7, 11) is 0. The molecule has 4 aromatic rings. The van der Waals surface area contributed by atoms with Gasteiger partial charge in [0.1, 0.15) is 5.76 Å². The van der Waals surface area contributed by atoms with E-state index in [4.69, 9.17) is 28.4 Å². The molecule has 1 fully saturated rings. The minimum Gasteiger partial charge on any atom is -0.463 e. The number of hydrogen-bond donors (Lipinski definition) is 0. The molecule has 10 nitrogen and oxygen atoms in total. The highest BCUT2D eigenvalue weighted by Gasteiger charge is 2.36. The van der Waals surface area contributed by atoms with Crippen LogP contribution in [0.25, 0.3) is 11.8 Å². The van der Waals surface area contributed by atoms with Gasteiger partial charge >= 0.3 is 5.97 Å². The molecule has 0 aliphatic carbocycles. The molecule has 0 spiro atoms. The number of anilines is 1. The number of carbonyl (C=O) groups is 1. The number of morpholine rings is 1. The molecule has 43 heavy (non-hydrogen) atoms. The molecule has 0 radical (unpaired) electrons. The Labute approximate surface area is 258 Å². The van der Waals surface area contributed by atoms with Gasteiger partial charge < -0.3 is 28.3 Å². The third kappa shape index (κ3) is 5.09. The Morgan fingerprint density at radius 1 is 1.12 bits per heavy atom. The van der Waals surface area contributed by atoms with Crippen LogP contribution < -0.4 is 29.3 Å². The maximum absolute atomic E-state index is 14.2. The van der Waals surface area contributed by atoms with Gasteiger partial charge in [-0.05, 0) is 40.5 Å². The molecule has 220 valence electrons. The van der Waals surface area contributed by atoms with Crippen molar-refractivity contribution in [2.24, 2.45) is 4.99 Å². The number of rotatable bonds is 6. The number of carbonyl (C=O) groups excluding carboxylic acids is 1. The number of furan rings is 1. The lowest BCUT2D eigenvalue weighted by molar-refractivity contribution is -0.138. The van der Waals surface area contributed by atoms with Gasteiger partial charge in [0, 0.05) is 30.8 Å². The van der Waals surface area contributed by atoms with Gasteiger partial charge in [-0.1, -0.05) is 47.7 Å². The molecule has 0 amide bonds. The summed E-state index contributed by atoms with van der Waals surface area (Å²) in [5, 5.41) is 0. The second-order valence-electron chi connectivity index (χ2n) is 9.95. The van der Waals surface area contributed by atoms with Crippen LogP contribution in [0.5, 0.6) is 11.5 Å². The number of thiazole rings is 1. The summed E-state index contributed by atoms with van der Waals surface area (Å²) in [5.41, 5.74) is 1.81. The average Bonchev–Trinajstić information content (AvgIpc) is 3.74. The molecule has 5 heterocycles. The zero-order valence-corrected chi connectivity index (χ0v) is 25.5. The molecular weight excluding hydrogens is 638 g/mol. The summed E-state index contributed by atoms with van der Waals surface area (Å²) in [6, 6.07) is 15.9. The SMILES string of the molecule is CCOC(=O)C1=C(c2ccccc2)N=c2sc(=Cc3cc(Br)c(N4CCOCC4)o3)c(=O)n2[C@H]1c1ccc2c(c1)OCO2. The highest BCUT2D eigenvalue weighted by atomic mass is 79.9. The minimum atomic E-state index is -0.825. The van der Waals surface area contributed by atoms with Crippen LogP contribution in [0, 0.1) is 0 Å². The standard InChI is InChI=1S/C31H26BrN3O7S/c1-2-39-30(37)25-26(18-6-4-3-5-7-18)33-31-35(27(25)19-8-9-22-23(14-19)41-17-40-22)28(36)24(43-31)16-20-15-21(32)29(42-20)34-10-12-38-13-11-34/h3-9,14-16,27H,2,10-13,17H2,1H3/t27-/m0/s1. The highest BCUT2D eigenvalue weighted by Crippen LogP contribution is 2.40. The van der Waals surface area contributed by atoms with Gasteiger partial charge in [-0.25, -0.2) is 9.79 Å². The lowest BCUT2D eigenvalue weighted by Gasteiger charge is -2.26. The van der Waals surface area contributed by atoms with Crippen molar-refractivity contribution >= 4 is 50.9 Å². The molecule has 1 atom stereocenters. The highest BCUT2D eigenvalue weighted by molar-refractivity contribution is 9.10. The molecular formula is C31H26BrN3O7S. The second kappa shape index (κ2) is 11.5. The molecule has 3 aliphatic heterocycles. The fourth-order valence-corrected chi connectivity index (χ4v) is 6.94. The molecule has 0 N–H and O–H groups in total. The lowest BCUT2D eigenvalue weighted by atomic mass is 9.93. The van der Waals surface area contributed by atoms with Crippen LogP contribution in [0.1, 0.15) is 29.9 Å². The van der Waals surface area contributed by atoms with Crippen LogP contribution in [0.2, 0.25) is 0 Å². The Morgan fingerprint density at radius 3 is 2.70 bits per heavy atom. The van der Waals surface area contributed by atoms with Gasteiger partial charge in [0.15, 0.2) is 16.3 Å². The number of hydrogen-bond acceptors (Lipinski definition) is 10. The fraction of sp³-hybridized carbons (Fsp3) is 0.258. The van der Waals surface area contributed by atoms with E-state index in [0.29, 0.717) is 70.0 Å². The van der Waals surface area contributed by atoms with E-state index >= 15 is 0 Å². The number of nitrogens with zero attached hydrogens (tertiary/aromatic N) is 3. The fourth-order valence-electron chi connectivity index (χ4n) is 5.40. The van der Waals surface area contributed by atoms with E-state index in [1.807, 2.05) is 42.5 Å². The molecule has 12 heteroatoms. The van der Waals surface area contributed by atoms with Crippen LogP contribution in [-0.2, 0) is 14.3 Å². The summed E-state index contributed by atoms with van der Waals surface area (Å²) in [6.45, 7) is 4.67. The van der Waals surface area contributed by atoms with E-state index in [2.05, 4.69) is 20.8 Å². The molecule has 2 aromatic carbocycles. The van der Waals surface area contributed by atoms with Gasteiger partial charge in [-0.2, -0.15) is 0 Å². The molecule has 3 aliphatic rings. The predicted octanol–water partition coefficient (Wildman–Crippen LogP) is 3.86. The molecule has 0 unspecified atom stereocenters. The molecule has 0 bridgehead atoms. The van der Waals surface area contributed by atoms with E-state index in [9.17, 15) is 9.59 Å². The number of halogens is 1. The smallest absolute Gasteiger partial charge is 0.338 e. The zero-order chi connectivity index (χ0) is 29.5. The number of ether oxygens (including phenoxy) is 4. The number of esters is 1. The Balaban J connectivity index is 1.43. The lowest BCUT2D eigenvalue weighted by Crippen LogP contribution is -2.40. The van der Waals surface area contributed by atoms with Gasteiger partial charge in [0.2, 0.25) is 12.7 Å². The van der Waals surface area contributed by atoms with Gasteiger partial charge in [-0.15, -0.1) is 0 Å². The predicted molar refractivity (Wildman–Crippen MR) is 163 cm³/mol. The first-order valence-electron chi connectivity index (χ1n) is 13.8. The largest absolute Gasteiger partial charge is 0.463 e. The summed E-state index contributed by atoms with van der Waals surface area (Å²) in [6.07, 6.45) is 1.71. The van der Waals surface area contributed by atoms with Crippen LogP contribution in [0.4, 0.5) is 5.88 Å². The topological polar surface area (TPSA) is 105 Å². The average molecular weight is 665 g/mol. The van der Waals surface area contributed by atoms with E-state index in [0.717, 1.165) is 10.0 Å². The van der Waals surface area contributed by atoms with E-state index < -0.39 is 12.0 Å². The van der Waals surface area contributed by atoms with Crippen LogP contribution >= 0.6 is 27.3 Å². The van der Waals surface area contributed by atoms with Crippen molar-refractivity contribution in [3.05, 3.63) is 101 Å². The van der Waals surface area contributed by atoms with Crippen LogP contribution in [0.15, 0.2) is 78.8 Å². The summed E-state index contributed by atoms with van der Waals surface area (Å²) < 4.78 is 31.1. The molecule has 2 aromatic heterocycles. The Hall–Kier alpha value is -4.13. The van der Waals surface area contributed by atoms with Crippen molar-refractivity contribution in [1.29, 1.82) is 0 Å². The van der Waals surface area contributed by atoms with Crippen molar-refractivity contribution in [3.63, 3.8) is 0 Å². The van der Waals surface area contributed by atoms with Crippen molar-refractivity contribution in [3.8, 4) is 11.5 Å². The van der Waals surface area contributed by atoms with Gasteiger partial charge in [0.05, 0.1) is 46.1 Å². The Bertz CT molecular complexity index is 1920. The first kappa shape index (κ1) is 27.7. The van der Waals surface area contributed by atoms with Crippen molar-refractivity contribution in [2.45, 2.75) is 13.0 Å². The molecule has 7 rings (SSSR count). The van der Waals surface area contributed by atoms with Crippen molar-refractivity contribution in [1.82, 2.24) is 4.57 Å². The molecule has 0 saturated carbocycles. The van der Waals surface area contributed by atoms with E-state index in [1.165, 1.54) is 11.3 Å². The molecule has 1 saturated heterocycles. The van der Waals surface area contributed by atoms with Crippen LogP contribution in [0.3, 0.4) is 0 Å². The number of fused-ring (bicyclic) bond motifs is 2. The van der Waals surface area contributed by atoms with Gasteiger partial charge in [0.25, 0.3) is 5.56 Å². The van der Waals surface area contributed by atoms with Crippen molar-refractivity contribution in [2.75, 3.05) is 44.6 Å².